The molecule has 0 unspecified atom stereocenters. The fourth-order valence-electron chi connectivity index (χ4n) is 2.36. The minimum Gasteiger partial charge on any atom is -0.265 e. The van der Waals surface area contributed by atoms with Crippen molar-refractivity contribution in [2.45, 2.75) is 45.6 Å². The average Bonchev–Trinajstić information content (AvgIpc) is 3.04. The van der Waals surface area contributed by atoms with Crippen LogP contribution in [0.25, 0.3) is 10.9 Å². The Morgan fingerprint density at radius 3 is 2.88 bits per heavy atom. The molecule has 1 aliphatic carbocycles. The van der Waals surface area contributed by atoms with Gasteiger partial charge in [0.2, 0.25) is 0 Å². The Bertz CT molecular complexity index is 521. The molecule has 1 aliphatic rings. The molecular weight excluding hydrogens is 196 g/mol. The highest BCUT2D eigenvalue weighted by atomic mass is 15.3. The van der Waals surface area contributed by atoms with Gasteiger partial charge in [-0.05, 0) is 38.3 Å². The van der Waals surface area contributed by atoms with Gasteiger partial charge in [0.25, 0.3) is 0 Å². The molecule has 0 radical (unpaired) electrons. The van der Waals surface area contributed by atoms with Crippen LogP contribution in [0.2, 0.25) is 0 Å². The van der Waals surface area contributed by atoms with Gasteiger partial charge in [-0.3, -0.25) is 4.68 Å². The quantitative estimate of drug-likeness (QED) is 0.762. The molecule has 16 heavy (non-hydrogen) atoms. The van der Waals surface area contributed by atoms with Crippen LogP contribution < -0.4 is 0 Å². The van der Waals surface area contributed by atoms with E-state index in [-0.39, 0.29) is 0 Å². The number of fused-ring (bicyclic) bond motifs is 1. The van der Waals surface area contributed by atoms with Gasteiger partial charge in [-0.15, -0.1) is 0 Å². The lowest BCUT2D eigenvalue weighted by molar-refractivity contribution is 0.613. The van der Waals surface area contributed by atoms with Gasteiger partial charge in [0, 0.05) is 17.8 Å². The molecule has 2 nitrogen and oxygen atoms in total. The molecular formula is C14H18N2. The van der Waals surface area contributed by atoms with E-state index in [0.29, 0.717) is 0 Å². The van der Waals surface area contributed by atoms with Crippen molar-refractivity contribution < 1.29 is 0 Å². The molecule has 1 saturated carbocycles. The van der Waals surface area contributed by atoms with Gasteiger partial charge in [0.15, 0.2) is 0 Å². The number of aryl methyl sites for hydroxylation is 2. The first-order valence-corrected chi connectivity index (χ1v) is 6.26. The van der Waals surface area contributed by atoms with Crippen LogP contribution in [0.5, 0.6) is 0 Å². The van der Waals surface area contributed by atoms with E-state index in [4.69, 9.17) is 5.10 Å². The lowest BCUT2D eigenvalue weighted by atomic mass is 10.1. The Morgan fingerprint density at radius 1 is 1.38 bits per heavy atom. The highest BCUT2D eigenvalue weighted by molar-refractivity contribution is 5.83. The molecule has 0 atom stereocenters. The van der Waals surface area contributed by atoms with Gasteiger partial charge in [-0.2, -0.15) is 5.10 Å². The van der Waals surface area contributed by atoms with Crippen molar-refractivity contribution in [2.75, 3.05) is 0 Å². The fourth-order valence-corrected chi connectivity index (χ4v) is 2.36. The molecule has 2 aromatic rings. The van der Waals surface area contributed by atoms with Crippen molar-refractivity contribution in [3.8, 4) is 0 Å². The zero-order chi connectivity index (χ0) is 11.1. The number of aromatic nitrogens is 2. The average molecular weight is 214 g/mol. The van der Waals surface area contributed by atoms with Crippen LogP contribution in [-0.4, -0.2) is 9.78 Å². The molecule has 2 heteroatoms. The first kappa shape index (κ1) is 9.88. The van der Waals surface area contributed by atoms with E-state index < -0.39 is 0 Å². The van der Waals surface area contributed by atoms with Crippen molar-refractivity contribution in [3.63, 3.8) is 0 Å². The molecule has 0 spiro atoms. The van der Waals surface area contributed by atoms with Gasteiger partial charge in [0.05, 0.1) is 11.2 Å². The summed E-state index contributed by atoms with van der Waals surface area (Å²) >= 11 is 0. The van der Waals surface area contributed by atoms with Gasteiger partial charge in [-0.1, -0.05) is 18.6 Å². The van der Waals surface area contributed by atoms with Crippen molar-refractivity contribution in [3.05, 3.63) is 29.5 Å². The molecule has 0 aliphatic heterocycles. The van der Waals surface area contributed by atoms with Crippen LogP contribution in [0, 0.1) is 6.92 Å². The number of benzene rings is 1. The van der Waals surface area contributed by atoms with Crippen molar-refractivity contribution in [1.29, 1.82) is 0 Å². The topological polar surface area (TPSA) is 17.8 Å². The lowest BCUT2D eigenvalue weighted by Gasteiger charge is -2.00. The normalized spacial score (nSPS) is 15.9. The molecule has 1 aromatic heterocycles. The van der Waals surface area contributed by atoms with Gasteiger partial charge in [-0.25, -0.2) is 0 Å². The second kappa shape index (κ2) is 3.62. The van der Waals surface area contributed by atoms with E-state index in [0.717, 1.165) is 18.9 Å². The Balaban J connectivity index is 2.20. The lowest BCUT2D eigenvalue weighted by Crippen LogP contribution is -1.98. The maximum absolute atomic E-state index is 4.80. The summed E-state index contributed by atoms with van der Waals surface area (Å²) in [5.74, 6) is 0.738. The molecule has 0 N–H and O–H groups in total. The summed E-state index contributed by atoms with van der Waals surface area (Å²) in [6.07, 6.45) is 3.80. The molecule has 1 aromatic carbocycles. The number of nitrogens with zero attached hydrogens (tertiary/aromatic N) is 2. The second-order valence-electron chi connectivity index (χ2n) is 4.90. The smallest absolute Gasteiger partial charge is 0.0734 e. The van der Waals surface area contributed by atoms with Crippen molar-refractivity contribution in [1.82, 2.24) is 9.78 Å². The van der Waals surface area contributed by atoms with E-state index in [9.17, 15) is 0 Å². The van der Waals surface area contributed by atoms with E-state index in [2.05, 4.69) is 36.7 Å². The van der Waals surface area contributed by atoms with Crippen molar-refractivity contribution >= 4 is 10.9 Å². The van der Waals surface area contributed by atoms with Gasteiger partial charge in [0.1, 0.15) is 0 Å². The molecule has 1 fully saturated rings. The van der Waals surface area contributed by atoms with E-state index in [1.807, 2.05) is 0 Å². The summed E-state index contributed by atoms with van der Waals surface area (Å²) in [7, 11) is 0. The molecule has 3 rings (SSSR count). The predicted molar refractivity (Wildman–Crippen MR) is 66.7 cm³/mol. The SMILES string of the molecule is CCCn1nc(C2CC2)c2cc(C)ccc21. The highest BCUT2D eigenvalue weighted by Crippen LogP contribution is 2.42. The third-order valence-electron chi connectivity index (χ3n) is 3.33. The summed E-state index contributed by atoms with van der Waals surface area (Å²) in [6, 6.07) is 6.70. The minimum atomic E-state index is 0.738. The molecule has 84 valence electrons. The first-order valence-electron chi connectivity index (χ1n) is 6.26. The number of hydrogen-bond donors (Lipinski definition) is 0. The monoisotopic (exact) mass is 214 g/mol. The Morgan fingerprint density at radius 2 is 2.19 bits per heavy atom. The van der Waals surface area contributed by atoms with E-state index >= 15 is 0 Å². The Hall–Kier alpha value is -1.31. The largest absolute Gasteiger partial charge is 0.265 e. The van der Waals surface area contributed by atoms with Crippen molar-refractivity contribution in [2.24, 2.45) is 0 Å². The van der Waals surface area contributed by atoms with Gasteiger partial charge >= 0.3 is 0 Å². The molecule has 1 heterocycles. The first-order chi connectivity index (χ1) is 7.79. The zero-order valence-electron chi connectivity index (χ0n) is 10.0. The van der Waals surface area contributed by atoms with Crippen LogP contribution >= 0.6 is 0 Å². The molecule has 0 saturated heterocycles. The van der Waals surface area contributed by atoms with Crippen LogP contribution in [0.4, 0.5) is 0 Å². The number of hydrogen-bond acceptors (Lipinski definition) is 1. The maximum Gasteiger partial charge on any atom is 0.0734 e. The van der Waals surface area contributed by atoms with E-state index in [1.54, 1.807) is 0 Å². The Labute approximate surface area is 96.3 Å². The van der Waals surface area contributed by atoms with Crippen LogP contribution in [-0.2, 0) is 6.54 Å². The summed E-state index contributed by atoms with van der Waals surface area (Å²) in [5, 5.41) is 6.18. The van der Waals surface area contributed by atoms with Crippen LogP contribution in [0.1, 0.15) is 43.4 Å². The third kappa shape index (κ3) is 1.53. The molecule has 0 bridgehead atoms. The summed E-state index contributed by atoms with van der Waals surface area (Å²) in [4.78, 5) is 0. The fraction of sp³-hybridized carbons (Fsp3) is 0.500. The zero-order valence-corrected chi connectivity index (χ0v) is 10.0. The highest BCUT2D eigenvalue weighted by Gasteiger charge is 2.28. The summed E-state index contributed by atoms with van der Waals surface area (Å²) in [5.41, 5.74) is 3.99. The standard InChI is InChI=1S/C14H18N2/c1-3-8-16-13-7-4-10(2)9-12(13)14(15-16)11-5-6-11/h4,7,9,11H,3,5-6,8H2,1-2H3. The summed E-state index contributed by atoms with van der Waals surface area (Å²) in [6.45, 7) is 5.40. The minimum absolute atomic E-state index is 0.738. The maximum atomic E-state index is 4.80. The van der Waals surface area contributed by atoms with Gasteiger partial charge < -0.3 is 0 Å². The second-order valence-corrected chi connectivity index (χ2v) is 4.90. The predicted octanol–water partition coefficient (Wildman–Crippen LogP) is 3.63. The summed E-state index contributed by atoms with van der Waals surface area (Å²) < 4.78 is 2.18. The third-order valence-corrected chi connectivity index (χ3v) is 3.33. The van der Waals surface area contributed by atoms with E-state index in [1.165, 1.54) is 35.0 Å². The Kier molecular flexibility index (Phi) is 2.23. The molecule has 0 amide bonds. The van der Waals surface area contributed by atoms with Crippen LogP contribution in [0.3, 0.4) is 0 Å². The van der Waals surface area contributed by atoms with Crippen LogP contribution in [0.15, 0.2) is 18.2 Å². The number of rotatable bonds is 3.